The number of hydrogen-bond donors (Lipinski definition) is 1. The Balaban J connectivity index is 1.50. The summed E-state index contributed by atoms with van der Waals surface area (Å²) < 4.78 is 0. The van der Waals surface area contributed by atoms with Gasteiger partial charge in [0.25, 0.3) is 5.91 Å². The predicted octanol–water partition coefficient (Wildman–Crippen LogP) is 5.20. The van der Waals surface area contributed by atoms with Crippen molar-refractivity contribution in [3.05, 3.63) is 89.7 Å². The summed E-state index contributed by atoms with van der Waals surface area (Å²) in [7, 11) is 0. The van der Waals surface area contributed by atoms with Crippen molar-refractivity contribution in [2.24, 2.45) is 0 Å². The van der Waals surface area contributed by atoms with E-state index in [9.17, 15) is 4.79 Å². The van der Waals surface area contributed by atoms with Gasteiger partial charge in [-0.15, -0.1) is 0 Å². The molecule has 1 aromatic heterocycles. The molecule has 1 N–H and O–H groups in total. The normalized spacial score (nSPS) is 11.8. The molecular weight excluding hydrogens is 332 g/mol. The predicted molar refractivity (Wildman–Crippen MR) is 111 cm³/mol. The van der Waals surface area contributed by atoms with Gasteiger partial charge < -0.3 is 5.32 Å². The third kappa shape index (κ3) is 5.52. The third-order valence-electron chi connectivity index (χ3n) is 4.73. The molecule has 0 spiro atoms. The first-order valence-electron chi connectivity index (χ1n) is 9.49. The van der Waals surface area contributed by atoms with E-state index in [0.717, 1.165) is 30.4 Å². The van der Waals surface area contributed by atoms with Crippen molar-refractivity contribution in [2.75, 3.05) is 0 Å². The summed E-state index contributed by atoms with van der Waals surface area (Å²) >= 11 is 0. The number of nitrogens with zero attached hydrogens (tertiary/aromatic N) is 1. The fraction of sp³-hybridized carbons (Fsp3) is 0.250. The van der Waals surface area contributed by atoms with Crippen LogP contribution in [0, 0.1) is 6.92 Å². The second-order valence-electron chi connectivity index (χ2n) is 7.07. The molecule has 0 fully saturated rings. The van der Waals surface area contributed by atoms with Crippen LogP contribution in [0.1, 0.15) is 41.3 Å². The van der Waals surface area contributed by atoms with Gasteiger partial charge in [-0.3, -0.25) is 9.78 Å². The van der Waals surface area contributed by atoms with Crippen LogP contribution in [0.5, 0.6) is 0 Å². The minimum Gasteiger partial charge on any atom is -0.350 e. The largest absolute Gasteiger partial charge is 0.350 e. The van der Waals surface area contributed by atoms with Gasteiger partial charge in [0, 0.05) is 24.0 Å². The van der Waals surface area contributed by atoms with Crippen LogP contribution < -0.4 is 5.32 Å². The fourth-order valence-corrected chi connectivity index (χ4v) is 3.10. The lowest BCUT2D eigenvalue weighted by atomic mass is 10.0. The van der Waals surface area contributed by atoms with E-state index >= 15 is 0 Å². The number of carbonyl (C=O) groups excluding carboxylic acids is 1. The number of aromatic nitrogens is 1. The third-order valence-corrected chi connectivity index (χ3v) is 4.73. The topological polar surface area (TPSA) is 42.0 Å². The van der Waals surface area contributed by atoms with Crippen LogP contribution in [0.3, 0.4) is 0 Å². The molecule has 0 aliphatic heterocycles. The molecule has 0 bridgehead atoms. The smallest absolute Gasteiger partial charge is 0.251 e. The lowest BCUT2D eigenvalue weighted by Crippen LogP contribution is -2.32. The summed E-state index contributed by atoms with van der Waals surface area (Å²) in [4.78, 5) is 16.6. The van der Waals surface area contributed by atoms with Gasteiger partial charge in [0.2, 0.25) is 0 Å². The van der Waals surface area contributed by atoms with E-state index in [1.165, 1.54) is 11.1 Å². The molecule has 1 heterocycles. The Morgan fingerprint density at radius 2 is 1.67 bits per heavy atom. The van der Waals surface area contributed by atoms with Crippen molar-refractivity contribution >= 4 is 5.91 Å². The van der Waals surface area contributed by atoms with E-state index in [0.29, 0.717) is 5.56 Å². The second kappa shape index (κ2) is 9.13. The summed E-state index contributed by atoms with van der Waals surface area (Å²) in [5.41, 5.74) is 5.47. The minimum atomic E-state index is -0.0145. The first-order valence-corrected chi connectivity index (χ1v) is 9.49. The highest BCUT2D eigenvalue weighted by Crippen LogP contribution is 2.20. The number of benzene rings is 2. The van der Waals surface area contributed by atoms with Crippen molar-refractivity contribution in [2.45, 2.75) is 39.2 Å². The molecule has 1 amide bonds. The summed E-state index contributed by atoms with van der Waals surface area (Å²) in [6, 6.07) is 20.4. The van der Waals surface area contributed by atoms with Crippen LogP contribution >= 0.6 is 0 Å². The van der Waals surface area contributed by atoms with E-state index in [-0.39, 0.29) is 11.9 Å². The van der Waals surface area contributed by atoms with Crippen LogP contribution in [-0.2, 0) is 6.42 Å². The van der Waals surface area contributed by atoms with Crippen molar-refractivity contribution in [1.82, 2.24) is 10.3 Å². The van der Waals surface area contributed by atoms with Crippen molar-refractivity contribution in [3.63, 3.8) is 0 Å². The highest BCUT2D eigenvalue weighted by atomic mass is 16.1. The van der Waals surface area contributed by atoms with E-state index < -0.39 is 0 Å². The molecule has 0 saturated carbocycles. The molecular formula is C24H26N2O. The van der Waals surface area contributed by atoms with Gasteiger partial charge in [-0.25, -0.2) is 0 Å². The second-order valence-corrected chi connectivity index (χ2v) is 7.07. The average Bonchev–Trinajstić information content (AvgIpc) is 2.69. The maximum atomic E-state index is 12.5. The summed E-state index contributed by atoms with van der Waals surface area (Å²) in [6.07, 6.45) is 6.65. The Labute approximate surface area is 161 Å². The van der Waals surface area contributed by atoms with E-state index in [4.69, 9.17) is 0 Å². The minimum absolute atomic E-state index is 0.0145. The molecule has 138 valence electrons. The molecule has 0 aliphatic carbocycles. The number of hydrogen-bond acceptors (Lipinski definition) is 2. The average molecular weight is 358 g/mol. The van der Waals surface area contributed by atoms with E-state index in [1.807, 2.05) is 36.5 Å². The zero-order chi connectivity index (χ0) is 19.1. The molecule has 3 nitrogen and oxygen atoms in total. The first-order chi connectivity index (χ1) is 13.1. The van der Waals surface area contributed by atoms with E-state index in [1.54, 1.807) is 6.20 Å². The molecule has 3 heteroatoms. The van der Waals surface area contributed by atoms with Gasteiger partial charge in [-0.1, -0.05) is 48.0 Å². The lowest BCUT2D eigenvalue weighted by molar-refractivity contribution is 0.0938. The SMILES string of the molecule is Cc1ccc(-c2ccc(C(=O)N[C@H](C)CCCc3cccnc3)cc2)cc1. The highest BCUT2D eigenvalue weighted by Gasteiger charge is 2.10. The molecule has 0 radical (unpaired) electrons. The number of nitrogens with one attached hydrogen (secondary N) is 1. The van der Waals surface area contributed by atoms with Gasteiger partial charge in [0.15, 0.2) is 0 Å². The number of carbonyl (C=O) groups is 1. The molecule has 3 rings (SSSR count). The molecule has 3 aromatic rings. The summed E-state index contributed by atoms with van der Waals surface area (Å²) in [5.74, 6) is -0.0145. The van der Waals surface area contributed by atoms with Crippen LogP contribution in [0.4, 0.5) is 0 Å². The number of aryl methyl sites for hydroxylation is 2. The van der Waals surface area contributed by atoms with Crippen LogP contribution in [0.25, 0.3) is 11.1 Å². The van der Waals surface area contributed by atoms with Crippen molar-refractivity contribution in [1.29, 1.82) is 0 Å². The van der Waals surface area contributed by atoms with Gasteiger partial charge in [-0.05, 0) is 68.0 Å². The Hall–Kier alpha value is -2.94. The fourth-order valence-electron chi connectivity index (χ4n) is 3.10. The van der Waals surface area contributed by atoms with Gasteiger partial charge in [-0.2, -0.15) is 0 Å². The summed E-state index contributed by atoms with van der Waals surface area (Å²) in [5, 5.41) is 3.09. The molecule has 0 unspecified atom stereocenters. The molecule has 27 heavy (non-hydrogen) atoms. The Morgan fingerprint density at radius 3 is 2.30 bits per heavy atom. The maximum Gasteiger partial charge on any atom is 0.251 e. The highest BCUT2D eigenvalue weighted by molar-refractivity contribution is 5.94. The number of rotatable bonds is 7. The molecule has 1 atom stereocenters. The Bertz CT molecular complexity index is 855. The zero-order valence-electron chi connectivity index (χ0n) is 16.0. The van der Waals surface area contributed by atoms with Gasteiger partial charge in [0.1, 0.15) is 0 Å². The van der Waals surface area contributed by atoms with Crippen LogP contribution in [0.15, 0.2) is 73.1 Å². The first kappa shape index (κ1) is 18.8. The van der Waals surface area contributed by atoms with Gasteiger partial charge >= 0.3 is 0 Å². The van der Waals surface area contributed by atoms with Crippen molar-refractivity contribution in [3.8, 4) is 11.1 Å². The molecule has 0 saturated heterocycles. The van der Waals surface area contributed by atoms with Crippen molar-refractivity contribution < 1.29 is 4.79 Å². The Morgan fingerprint density at radius 1 is 1.00 bits per heavy atom. The van der Waals surface area contributed by atoms with Crippen LogP contribution in [-0.4, -0.2) is 16.9 Å². The monoisotopic (exact) mass is 358 g/mol. The standard InChI is InChI=1S/C24H26N2O/c1-18-8-10-21(11-9-18)22-12-14-23(15-13-22)24(27)26-19(2)5-3-6-20-7-4-16-25-17-20/h4,7-17,19H,3,5-6H2,1-2H3,(H,26,27)/t19-/m1/s1. The van der Waals surface area contributed by atoms with E-state index in [2.05, 4.69) is 54.5 Å². The number of pyridine rings is 1. The summed E-state index contributed by atoms with van der Waals surface area (Å²) in [6.45, 7) is 4.14. The Kier molecular flexibility index (Phi) is 6.37. The molecule has 0 aliphatic rings. The molecule has 2 aromatic carbocycles. The van der Waals surface area contributed by atoms with Crippen LogP contribution in [0.2, 0.25) is 0 Å². The lowest BCUT2D eigenvalue weighted by Gasteiger charge is -2.14. The number of amides is 1. The zero-order valence-corrected chi connectivity index (χ0v) is 16.0. The van der Waals surface area contributed by atoms with Gasteiger partial charge in [0.05, 0.1) is 0 Å². The quantitative estimate of drug-likeness (QED) is 0.631. The maximum absolute atomic E-state index is 12.5.